The van der Waals surface area contributed by atoms with E-state index in [0.29, 0.717) is 17.8 Å². The summed E-state index contributed by atoms with van der Waals surface area (Å²) in [4.78, 5) is 13.4. The number of piperazine rings is 1. The lowest BCUT2D eigenvalue weighted by atomic mass is 10.2. The Labute approximate surface area is 124 Å². The molecule has 0 bridgehead atoms. The Kier molecular flexibility index (Phi) is 4.26. The van der Waals surface area contributed by atoms with E-state index in [1.54, 1.807) is 12.4 Å². The van der Waals surface area contributed by atoms with Crippen molar-refractivity contribution in [3.8, 4) is 11.4 Å². The van der Waals surface area contributed by atoms with Crippen LogP contribution in [-0.4, -0.2) is 57.1 Å². The molecular weight excluding hydrogens is 266 g/mol. The van der Waals surface area contributed by atoms with Gasteiger partial charge in [0.15, 0.2) is 0 Å². The maximum absolute atomic E-state index is 5.35. The van der Waals surface area contributed by atoms with Gasteiger partial charge in [0.2, 0.25) is 11.7 Å². The molecule has 0 amide bonds. The van der Waals surface area contributed by atoms with Gasteiger partial charge in [0.05, 0.1) is 6.54 Å². The number of aromatic nitrogens is 3. The van der Waals surface area contributed by atoms with Crippen LogP contribution in [0.4, 0.5) is 0 Å². The van der Waals surface area contributed by atoms with Gasteiger partial charge in [-0.3, -0.25) is 14.8 Å². The fourth-order valence-electron chi connectivity index (χ4n) is 2.56. The lowest BCUT2D eigenvalue weighted by Gasteiger charge is -2.36. The molecular formula is C15H21N5O. The summed E-state index contributed by atoms with van der Waals surface area (Å²) in [6.07, 6.45) is 3.48. The van der Waals surface area contributed by atoms with Gasteiger partial charge in [-0.15, -0.1) is 0 Å². The standard InChI is InChI=1S/C15H21N5O/c1-12(2)20-8-6-19(7-9-20)11-14-17-15(18-21-14)13-4-3-5-16-10-13/h3-5,10,12H,6-9,11H2,1-2H3. The largest absolute Gasteiger partial charge is 0.338 e. The van der Waals surface area contributed by atoms with E-state index in [9.17, 15) is 0 Å². The molecule has 0 spiro atoms. The second-order valence-electron chi connectivity index (χ2n) is 5.66. The predicted molar refractivity (Wildman–Crippen MR) is 79.5 cm³/mol. The maximum Gasteiger partial charge on any atom is 0.241 e. The second-order valence-corrected chi connectivity index (χ2v) is 5.66. The van der Waals surface area contributed by atoms with Crippen LogP contribution in [0.25, 0.3) is 11.4 Å². The quantitative estimate of drug-likeness (QED) is 0.852. The molecule has 0 radical (unpaired) electrons. The van der Waals surface area contributed by atoms with Crippen LogP contribution in [0, 0.1) is 0 Å². The van der Waals surface area contributed by atoms with Gasteiger partial charge >= 0.3 is 0 Å². The fraction of sp³-hybridized carbons (Fsp3) is 0.533. The lowest BCUT2D eigenvalue weighted by Crippen LogP contribution is -2.48. The van der Waals surface area contributed by atoms with E-state index in [-0.39, 0.29) is 0 Å². The monoisotopic (exact) mass is 287 g/mol. The lowest BCUT2D eigenvalue weighted by molar-refractivity contribution is 0.0960. The van der Waals surface area contributed by atoms with Gasteiger partial charge in [0, 0.05) is 50.2 Å². The Morgan fingerprint density at radius 3 is 2.71 bits per heavy atom. The summed E-state index contributed by atoms with van der Waals surface area (Å²) in [5.41, 5.74) is 0.886. The van der Waals surface area contributed by atoms with E-state index in [1.807, 2.05) is 12.1 Å². The third-order valence-electron chi connectivity index (χ3n) is 3.88. The van der Waals surface area contributed by atoms with Gasteiger partial charge in [-0.25, -0.2) is 0 Å². The van der Waals surface area contributed by atoms with E-state index < -0.39 is 0 Å². The van der Waals surface area contributed by atoms with Crippen LogP contribution < -0.4 is 0 Å². The molecule has 0 unspecified atom stereocenters. The van der Waals surface area contributed by atoms with Crippen molar-refractivity contribution in [3.63, 3.8) is 0 Å². The first-order valence-corrected chi connectivity index (χ1v) is 7.42. The maximum atomic E-state index is 5.35. The van der Waals surface area contributed by atoms with E-state index in [2.05, 4.69) is 38.8 Å². The van der Waals surface area contributed by atoms with Crippen LogP contribution >= 0.6 is 0 Å². The van der Waals surface area contributed by atoms with Gasteiger partial charge in [0.1, 0.15) is 0 Å². The molecule has 2 aromatic heterocycles. The first kappa shape index (κ1) is 14.2. The Morgan fingerprint density at radius 1 is 1.24 bits per heavy atom. The number of hydrogen-bond donors (Lipinski definition) is 0. The van der Waals surface area contributed by atoms with Crippen LogP contribution in [0.3, 0.4) is 0 Å². The molecule has 2 aromatic rings. The minimum atomic E-state index is 0.610. The van der Waals surface area contributed by atoms with E-state index >= 15 is 0 Å². The number of nitrogens with zero attached hydrogens (tertiary/aromatic N) is 5. The van der Waals surface area contributed by atoms with Gasteiger partial charge in [-0.1, -0.05) is 5.16 Å². The van der Waals surface area contributed by atoms with Crippen LogP contribution in [0.2, 0.25) is 0 Å². The molecule has 6 nitrogen and oxygen atoms in total. The molecule has 0 aromatic carbocycles. The average Bonchev–Trinajstić information content (AvgIpc) is 2.97. The molecule has 3 heterocycles. The van der Waals surface area contributed by atoms with Gasteiger partial charge in [-0.2, -0.15) is 4.98 Å². The van der Waals surface area contributed by atoms with Gasteiger partial charge < -0.3 is 4.52 Å². The zero-order valence-electron chi connectivity index (χ0n) is 12.6. The van der Waals surface area contributed by atoms with Crippen molar-refractivity contribution in [2.45, 2.75) is 26.4 Å². The van der Waals surface area contributed by atoms with Crippen molar-refractivity contribution in [2.24, 2.45) is 0 Å². The summed E-state index contributed by atoms with van der Waals surface area (Å²) in [6.45, 7) is 9.50. The minimum Gasteiger partial charge on any atom is -0.338 e. The molecule has 0 aliphatic carbocycles. The molecule has 0 saturated carbocycles. The molecule has 1 fully saturated rings. The highest BCUT2D eigenvalue weighted by atomic mass is 16.5. The predicted octanol–water partition coefficient (Wildman–Crippen LogP) is 1.66. The zero-order valence-corrected chi connectivity index (χ0v) is 12.6. The highest BCUT2D eigenvalue weighted by Crippen LogP contribution is 2.15. The normalized spacial score (nSPS) is 17.5. The Bertz CT molecular complexity index is 560. The molecule has 1 saturated heterocycles. The number of rotatable bonds is 4. The Morgan fingerprint density at radius 2 is 2.05 bits per heavy atom. The van der Waals surface area contributed by atoms with E-state index in [1.165, 1.54) is 0 Å². The molecule has 0 N–H and O–H groups in total. The van der Waals surface area contributed by atoms with Crippen LogP contribution in [0.1, 0.15) is 19.7 Å². The van der Waals surface area contributed by atoms with Crippen molar-refractivity contribution in [2.75, 3.05) is 26.2 Å². The van der Waals surface area contributed by atoms with E-state index in [0.717, 1.165) is 38.3 Å². The summed E-state index contributed by atoms with van der Waals surface area (Å²) in [5.74, 6) is 1.28. The molecule has 1 aliphatic heterocycles. The number of hydrogen-bond acceptors (Lipinski definition) is 6. The molecule has 6 heteroatoms. The summed E-state index contributed by atoms with van der Waals surface area (Å²) >= 11 is 0. The summed E-state index contributed by atoms with van der Waals surface area (Å²) < 4.78 is 5.35. The molecule has 3 rings (SSSR count). The SMILES string of the molecule is CC(C)N1CCN(Cc2nc(-c3cccnc3)no2)CC1. The highest BCUT2D eigenvalue weighted by molar-refractivity contribution is 5.51. The number of pyridine rings is 1. The molecule has 21 heavy (non-hydrogen) atoms. The van der Waals surface area contributed by atoms with Crippen LogP contribution in [0.5, 0.6) is 0 Å². The summed E-state index contributed by atoms with van der Waals surface area (Å²) in [5, 5.41) is 4.03. The smallest absolute Gasteiger partial charge is 0.241 e. The van der Waals surface area contributed by atoms with Crippen molar-refractivity contribution in [1.29, 1.82) is 0 Å². The topological polar surface area (TPSA) is 58.3 Å². The zero-order chi connectivity index (χ0) is 14.7. The second kappa shape index (κ2) is 6.32. The first-order chi connectivity index (χ1) is 10.2. The third-order valence-corrected chi connectivity index (χ3v) is 3.88. The van der Waals surface area contributed by atoms with Crippen molar-refractivity contribution in [1.82, 2.24) is 24.9 Å². The third kappa shape index (κ3) is 3.46. The Balaban J connectivity index is 1.59. The molecule has 1 aliphatic rings. The van der Waals surface area contributed by atoms with Crippen LogP contribution in [-0.2, 0) is 6.54 Å². The highest BCUT2D eigenvalue weighted by Gasteiger charge is 2.20. The van der Waals surface area contributed by atoms with Crippen molar-refractivity contribution >= 4 is 0 Å². The fourth-order valence-corrected chi connectivity index (χ4v) is 2.56. The van der Waals surface area contributed by atoms with Crippen molar-refractivity contribution in [3.05, 3.63) is 30.4 Å². The van der Waals surface area contributed by atoms with Gasteiger partial charge in [0.25, 0.3) is 0 Å². The molecule has 112 valence electrons. The summed E-state index contributed by atoms with van der Waals surface area (Å²) in [6, 6.07) is 4.42. The van der Waals surface area contributed by atoms with Crippen molar-refractivity contribution < 1.29 is 4.52 Å². The van der Waals surface area contributed by atoms with E-state index in [4.69, 9.17) is 4.52 Å². The minimum absolute atomic E-state index is 0.610. The average molecular weight is 287 g/mol. The molecule has 0 atom stereocenters. The van der Waals surface area contributed by atoms with Crippen LogP contribution in [0.15, 0.2) is 29.0 Å². The first-order valence-electron chi connectivity index (χ1n) is 7.42. The van der Waals surface area contributed by atoms with Gasteiger partial charge in [-0.05, 0) is 26.0 Å². The summed E-state index contributed by atoms with van der Waals surface area (Å²) in [7, 11) is 0. The Hall–Kier alpha value is -1.79.